The van der Waals surface area contributed by atoms with E-state index in [0.29, 0.717) is 43.0 Å². The molecular formula is C41H52N10O4. The second kappa shape index (κ2) is 16.3. The van der Waals surface area contributed by atoms with Crippen LogP contribution in [-0.2, 0) is 9.59 Å². The van der Waals surface area contributed by atoms with Gasteiger partial charge in [0.15, 0.2) is 0 Å². The molecule has 14 heteroatoms. The van der Waals surface area contributed by atoms with Crippen molar-refractivity contribution in [1.29, 1.82) is 0 Å². The van der Waals surface area contributed by atoms with Crippen LogP contribution in [0.3, 0.4) is 0 Å². The molecule has 1 aliphatic carbocycles. The maximum absolute atomic E-state index is 13.1. The number of rotatable bonds is 11. The van der Waals surface area contributed by atoms with E-state index >= 15 is 0 Å². The Balaban J connectivity index is 0.780. The van der Waals surface area contributed by atoms with Gasteiger partial charge in [0, 0.05) is 76.9 Å². The predicted molar refractivity (Wildman–Crippen MR) is 211 cm³/mol. The first-order valence-corrected chi connectivity index (χ1v) is 19.9. The number of anilines is 3. The van der Waals surface area contributed by atoms with Gasteiger partial charge in [-0.15, -0.1) is 0 Å². The Morgan fingerprint density at radius 2 is 1.65 bits per heavy atom. The molecule has 290 valence electrons. The summed E-state index contributed by atoms with van der Waals surface area (Å²) < 4.78 is 8.17. The van der Waals surface area contributed by atoms with Crippen LogP contribution in [0.5, 0.6) is 5.75 Å². The Kier molecular flexibility index (Phi) is 11.0. The van der Waals surface area contributed by atoms with Crippen molar-refractivity contribution in [2.45, 2.75) is 69.4 Å². The molecule has 2 N–H and O–H groups in total. The second-order valence-corrected chi connectivity index (χ2v) is 15.6. The monoisotopic (exact) mass is 748 g/mol. The second-order valence-electron chi connectivity index (χ2n) is 15.6. The molecule has 55 heavy (non-hydrogen) atoms. The van der Waals surface area contributed by atoms with Crippen molar-refractivity contribution in [2.24, 2.45) is 0 Å². The molecule has 14 nitrogen and oxygen atoms in total. The summed E-state index contributed by atoms with van der Waals surface area (Å²) in [4.78, 5) is 60.1. The molecular weight excluding hydrogens is 697 g/mol. The summed E-state index contributed by atoms with van der Waals surface area (Å²) >= 11 is 0. The van der Waals surface area contributed by atoms with E-state index in [1.807, 2.05) is 42.6 Å². The minimum atomic E-state index is -0.273. The highest BCUT2D eigenvalue weighted by molar-refractivity contribution is 6.01. The topological polar surface area (TPSA) is 141 Å². The van der Waals surface area contributed by atoms with Gasteiger partial charge in [0.05, 0.1) is 17.8 Å². The van der Waals surface area contributed by atoms with Crippen LogP contribution in [0.15, 0.2) is 54.9 Å². The number of nitrogens with one attached hydrogen (secondary N) is 2. The van der Waals surface area contributed by atoms with Crippen LogP contribution in [-0.4, -0.2) is 124 Å². The molecule has 4 aliphatic rings. The summed E-state index contributed by atoms with van der Waals surface area (Å²) in [6, 6.07) is 14.6. The number of carbonyl (C=O) groups excluding carboxylic acids is 3. The molecule has 0 spiro atoms. The zero-order valence-electron chi connectivity index (χ0n) is 32.0. The van der Waals surface area contributed by atoms with Crippen molar-refractivity contribution in [3.63, 3.8) is 0 Å². The van der Waals surface area contributed by atoms with Crippen LogP contribution in [0.25, 0.3) is 11.0 Å². The smallest absolute Gasteiger partial charge is 0.270 e. The fourth-order valence-electron chi connectivity index (χ4n) is 8.71. The fourth-order valence-corrected chi connectivity index (χ4v) is 8.71. The highest BCUT2D eigenvalue weighted by atomic mass is 16.5. The number of hydrogen-bond donors (Lipinski definition) is 2. The average Bonchev–Trinajstić information content (AvgIpc) is 3.87. The van der Waals surface area contributed by atoms with Crippen molar-refractivity contribution in [2.75, 3.05) is 76.7 Å². The van der Waals surface area contributed by atoms with E-state index < -0.39 is 0 Å². The lowest BCUT2D eigenvalue weighted by Crippen LogP contribution is -2.53. The fraction of sp³-hybridized carbons (Fsp3) is 0.512. The van der Waals surface area contributed by atoms with Crippen molar-refractivity contribution in [3.05, 3.63) is 66.1 Å². The Morgan fingerprint density at radius 1 is 0.891 bits per heavy atom. The summed E-state index contributed by atoms with van der Waals surface area (Å²) in [7, 11) is 3.57. The number of hydrogen-bond acceptors (Lipinski definition) is 11. The molecule has 6 heterocycles. The largest absolute Gasteiger partial charge is 0.492 e. The number of benzene rings is 1. The minimum absolute atomic E-state index is 0.0175. The zero-order chi connectivity index (χ0) is 37.9. The number of aromatic nitrogens is 4. The van der Waals surface area contributed by atoms with E-state index in [9.17, 15) is 14.4 Å². The third kappa shape index (κ3) is 8.30. The number of fused-ring (bicyclic) bond motifs is 1. The molecule has 0 bridgehead atoms. The third-order valence-electron chi connectivity index (χ3n) is 11.8. The maximum atomic E-state index is 13.1. The van der Waals surface area contributed by atoms with Gasteiger partial charge >= 0.3 is 0 Å². The molecule has 3 aliphatic heterocycles. The van der Waals surface area contributed by atoms with Crippen molar-refractivity contribution < 1.29 is 19.1 Å². The number of nitrogens with zero attached hydrogens (tertiary/aromatic N) is 8. The van der Waals surface area contributed by atoms with Gasteiger partial charge < -0.3 is 24.4 Å². The molecule has 1 atom stereocenters. The van der Waals surface area contributed by atoms with Gasteiger partial charge in [-0.3, -0.25) is 29.5 Å². The normalized spacial score (nSPS) is 20.5. The number of carbonyl (C=O) groups is 3. The summed E-state index contributed by atoms with van der Waals surface area (Å²) in [6.07, 6.45) is 11.4. The number of ether oxygens (including phenoxy) is 1. The number of piperazine rings is 1. The first kappa shape index (κ1) is 36.9. The Morgan fingerprint density at radius 3 is 2.35 bits per heavy atom. The Bertz CT molecular complexity index is 1980. The summed E-state index contributed by atoms with van der Waals surface area (Å²) in [5.41, 5.74) is 3.49. The van der Waals surface area contributed by atoms with Crippen LogP contribution in [0.4, 0.5) is 17.5 Å². The van der Waals surface area contributed by atoms with Crippen LogP contribution in [0, 0.1) is 0 Å². The van der Waals surface area contributed by atoms with Gasteiger partial charge in [-0.25, -0.2) is 9.97 Å². The highest BCUT2D eigenvalue weighted by Crippen LogP contribution is 2.35. The van der Waals surface area contributed by atoms with Crippen LogP contribution in [0.2, 0.25) is 0 Å². The molecule has 1 unspecified atom stereocenters. The molecule has 1 aromatic carbocycles. The lowest BCUT2D eigenvalue weighted by atomic mass is 9.90. The van der Waals surface area contributed by atoms with E-state index in [-0.39, 0.29) is 29.7 Å². The first-order valence-electron chi connectivity index (χ1n) is 19.9. The summed E-state index contributed by atoms with van der Waals surface area (Å²) in [5, 5.41) is 6.60. The van der Waals surface area contributed by atoms with Crippen LogP contribution >= 0.6 is 0 Å². The number of pyridine rings is 1. The number of amides is 3. The average molecular weight is 749 g/mol. The lowest BCUT2D eigenvalue weighted by Gasteiger charge is -2.43. The van der Waals surface area contributed by atoms with Crippen LogP contribution in [0.1, 0.15) is 79.4 Å². The lowest BCUT2D eigenvalue weighted by molar-refractivity contribution is -0.134. The van der Waals surface area contributed by atoms with E-state index in [4.69, 9.17) is 14.7 Å². The number of imide groups is 1. The van der Waals surface area contributed by atoms with Gasteiger partial charge in [-0.1, -0.05) is 25.0 Å². The number of likely N-dealkylation sites (tertiary alicyclic amines) is 1. The third-order valence-corrected chi connectivity index (χ3v) is 11.8. The van der Waals surface area contributed by atoms with E-state index in [1.54, 1.807) is 25.2 Å². The SMILES string of the molecule is CN(C)C(=O)c1cc2cnc(Nc3ccc(N4CCN(C5CCN(CCOc6ccc(C7CCC(=O)NC7=O)cc6)CC5)CC4)cn3)nc2n1C1CCCC1. The maximum Gasteiger partial charge on any atom is 0.270 e. The molecule has 3 amide bonds. The molecule has 4 aromatic rings. The summed E-state index contributed by atoms with van der Waals surface area (Å²) in [5.74, 6) is 1.26. The molecule has 1 saturated carbocycles. The van der Waals surface area contributed by atoms with Gasteiger partial charge in [-0.2, -0.15) is 4.98 Å². The van der Waals surface area contributed by atoms with E-state index in [0.717, 1.165) is 112 Å². The van der Waals surface area contributed by atoms with Gasteiger partial charge in [0.25, 0.3) is 5.91 Å². The Labute approximate surface area is 322 Å². The van der Waals surface area contributed by atoms with Crippen molar-refractivity contribution in [3.8, 4) is 5.75 Å². The highest BCUT2D eigenvalue weighted by Gasteiger charge is 2.30. The van der Waals surface area contributed by atoms with Crippen molar-refractivity contribution >= 4 is 46.2 Å². The van der Waals surface area contributed by atoms with E-state index in [2.05, 4.69) is 41.0 Å². The molecule has 3 aromatic heterocycles. The first-order chi connectivity index (χ1) is 26.8. The van der Waals surface area contributed by atoms with Crippen LogP contribution < -0.4 is 20.3 Å². The molecule has 8 rings (SSSR count). The molecule has 4 fully saturated rings. The zero-order valence-corrected chi connectivity index (χ0v) is 32.0. The predicted octanol–water partition coefficient (Wildman–Crippen LogP) is 4.57. The summed E-state index contributed by atoms with van der Waals surface area (Å²) in [6.45, 7) is 7.67. The Hall–Kier alpha value is -5.08. The quantitative estimate of drug-likeness (QED) is 0.209. The van der Waals surface area contributed by atoms with Gasteiger partial charge in [-0.05, 0) is 81.1 Å². The minimum Gasteiger partial charge on any atom is -0.492 e. The van der Waals surface area contributed by atoms with Gasteiger partial charge in [0.2, 0.25) is 17.8 Å². The standard InChI is InChI=1S/C41H52N10O4/c1-47(2)40(54)35-25-29-26-43-41(46-38(29)51(35)31-5-3-4-6-31)44-36-13-9-32(27-42-36)50-21-19-49(20-22-50)30-15-17-48(18-16-30)23-24-55-33-10-7-28(8-11-33)34-12-14-37(52)45-39(34)53/h7-11,13,25-27,30-31,34H,3-6,12,14-24H2,1-2H3,(H,45,52,53)(H,42,43,44,46). The van der Waals surface area contributed by atoms with Gasteiger partial charge in [0.1, 0.15) is 29.5 Å². The van der Waals surface area contributed by atoms with Crippen molar-refractivity contribution in [1.82, 2.24) is 39.5 Å². The molecule has 0 radical (unpaired) electrons. The number of piperidine rings is 2. The molecule has 3 saturated heterocycles. The van der Waals surface area contributed by atoms with E-state index in [1.165, 1.54) is 0 Å².